The highest BCUT2D eigenvalue weighted by Gasteiger charge is 2.29. The Bertz CT molecular complexity index is 4820. The number of primary sulfonamides is 2. The number of amides is 2. The van der Waals surface area contributed by atoms with Crippen molar-refractivity contribution in [3.05, 3.63) is 207 Å². The highest BCUT2D eigenvalue weighted by molar-refractivity contribution is 14.1. The molecule has 22 N–H and O–H groups in total. The van der Waals surface area contributed by atoms with Crippen LogP contribution in [0.15, 0.2) is 214 Å². The third kappa shape index (κ3) is 40.4. The van der Waals surface area contributed by atoms with E-state index in [9.17, 15) is 65.4 Å². The summed E-state index contributed by atoms with van der Waals surface area (Å²) in [5, 5.41) is 48.9. The molecule has 0 atom stereocenters. The quantitative estimate of drug-likeness (QED) is 0.00303. The number of ether oxygens (including phenoxy) is 2. The average molecular weight is 1930 g/mol. The molecule has 0 radical (unpaired) electrons. The van der Waals surface area contributed by atoms with Gasteiger partial charge in [0.1, 0.15) is 0 Å². The summed E-state index contributed by atoms with van der Waals surface area (Å²) in [4.78, 5) is 107. The molecule has 2 heterocycles. The van der Waals surface area contributed by atoms with Crippen molar-refractivity contribution in [3.63, 3.8) is 0 Å². The lowest BCUT2D eigenvalue weighted by molar-refractivity contribution is -0.195. The molecule has 0 saturated carbocycles. The molecule has 116 heavy (non-hydrogen) atoms. The molecule has 2 aliphatic rings. The molecule has 2 aliphatic heterocycles. The SMILES string of the molecule is NCc1ccc(I)cc1.NOOSc1ccc(N=C=S)cc1.NS(=O)(=O)c1ccc(NC(=S)Nc2ccc(NC(=O)CN(CCN(CC(=O)O)CC(=O)Nc3ccc(I)cc3)CC(=O)O)cc2)cc1.Nc1ccc(N)cc1.Nc1ccc(NC(=S)Nc2ccc(S(N)(=O)=O)cc2)cc1.O=C1CN(CCN2CC(=O)OC(=O)C2)CC(=O)O1. The number of morpholine rings is 2. The maximum Gasteiger partial charge on any atom is 0.327 e. The second-order valence-corrected chi connectivity index (χ2v) is 31.3. The molecule has 0 aliphatic carbocycles. The second-order valence-electron chi connectivity index (χ2n) is 23.9. The Morgan fingerprint density at radius 3 is 1.10 bits per heavy atom. The lowest BCUT2D eigenvalue weighted by Gasteiger charge is -2.28. The fourth-order valence-electron chi connectivity index (χ4n) is 9.31. The van der Waals surface area contributed by atoms with Gasteiger partial charge in [-0.25, -0.2) is 27.1 Å². The zero-order chi connectivity index (χ0) is 85.3. The topological polar surface area (TPSA) is 562 Å². The smallest absolute Gasteiger partial charge is 0.327 e. The number of nitrogens with zero attached hydrogens (tertiary/aromatic N) is 5. The van der Waals surface area contributed by atoms with E-state index >= 15 is 0 Å². The van der Waals surface area contributed by atoms with Crippen LogP contribution in [0.4, 0.5) is 56.9 Å². The van der Waals surface area contributed by atoms with Gasteiger partial charge in [-0.15, -0.1) is 9.32 Å². The molecule has 0 spiro atoms. The number of nitrogens with one attached hydrogen (secondary N) is 6. The first kappa shape index (κ1) is 96.4. The van der Waals surface area contributed by atoms with E-state index in [1.165, 1.54) is 55.3 Å². The van der Waals surface area contributed by atoms with Gasteiger partial charge in [0.2, 0.25) is 31.9 Å². The van der Waals surface area contributed by atoms with Gasteiger partial charge in [-0.2, -0.15) is 10.9 Å². The summed E-state index contributed by atoms with van der Waals surface area (Å²) in [7, 11) is -7.51. The molecule has 0 bridgehead atoms. The summed E-state index contributed by atoms with van der Waals surface area (Å²) >= 11 is 20.3. The van der Waals surface area contributed by atoms with Crippen LogP contribution in [0.3, 0.4) is 0 Å². The number of nitrogen functional groups attached to an aromatic ring is 3. The molecular weight excluding hydrogens is 1850 g/mol. The minimum Gasteiger partial charge on any atom is -0.480 e. The van der Waals surface area contributed by atoms with E-state index in [4.69, 9.17) is 57.6 Å². The Kier molecular flexibility index (Phi) is 41.8. The molecule has 2 saturated heterocycles. The van der Waals surface area contributed by atoms with Gasteiger partial charge in [0.05, 0.1) is 85.0 Å². The molecule has 616 valence electrons. The van der Waals surface area contributed by atoms with Crippen LogP contribution in [-0.2, 0) is 83.7 Å². The number of carboxylic acids is 2. The van der Waals surface area contributed by atoms with Crippen molar-refractivity contribution in [1.82, 2.24) is 19.6 Å². The van der Waals surface area contributed by atoms with Crippen LogP contribution in [0, 0.1) is 7.14 Å². The number of sulfonamides is 2. The number of thiocarbonyl (C=S) groups is 3. The molecule has 0 unspecified atom stereocenters. The molecule has 0 aromatic heterocycles. The lowest BCUT2D eigenvalue weighted by Crippen LogP contribution is -2.49. The van der Waals surface area contributed by atoms with E-state index in [1.54, 1.807) is 131 Å². The number of rotatable bonds is 27. The highest BCUT2D eigenvalue weighted by Crippen LogP contribution is 2.23. The summed E-state index contributed by atoms with van der Waals surface area (Å²) in [6.45, 7) is 0.111. The van der Waals surface area contributed by atoms with Gasteiger partial charge >= 0.3 is 35.8 Å². The first-order valence-electron chi connectivity index (χ1n) is 33.5. The first-order chi connectivity index (χ1) is 55.0. The van der Waals surface area contributed by atoms with E-state index in [0.717, 1.165) is 43.3 Å². The van der Waals surface area contributed by atoms with Crippen molar-refractivity contribution in [2.45, 2.75) is 21.2 Å². The zero-order valence-electron chi connectivity index (χ0n) is 61.1. The van der Waals surface area contributed by atoms with Gasteiger partial charge < -0.3 is 74.5 Å². The van der Waals surface area contributed by atoms with Gasteiger partial charge in [-0.1, -0.05) is 12.1 Å². The number of aliphatic carboxylic acids is 2. The van der Waals surface area contributed by atoms with Crippen molar-refractivity contribution < 1.29 is 84.2 Å². The maximum absolute atomic E-state index is 12.8. The minimum absolute atomic E-state index is 0.00186. The van der Waals surface area contributed by atoms with E-state index in [0.29, 0.717) is 58.9 Å². The van der Waals surface area contributed by atoms with Gasteiger partial charge in [0.15, 0.2) is 10.2 Å². The van der Waals surface area contributed by atoms with Crippen LogP contribution in [-0.4, -0.2) is 188 Å². The van der Waals surface area contributed by atoms with E-state index in [-0.39, 0.29) is 67.3 Å². The number of esters is 4. The molecule has 8 aromatic carbocycles. The minimum atomic E-state index is -3.82. The van der Waals surface area contributed by atoms with Gasteiger partial charge in [-0.3, -0.25) is 58.0 Å². The van der Waals surface area contributed by atoms with Crippen molar-refractivity contribution in [1.29, 1.82) is 0 Å². The fraction of sp³-hybridized carbons (Fsp3) is 0.181. The Labute approximate surface area is 714 Å². The number of isothiocyanates is 1. The third-order valence-electron chi connectivity index (χ3n) is 14.7. The number of anilines is 9. The maximum atomic E-state index is 12.8. The number of benzene rings is 8. The zero-order valence-corrected chi connectivity index (χ0v) is 70.3. The van der Waals surface area contributed by atoms with Crippen molar-refractivity contribution in [2.24, 2.45) is 26.9 Å². The van der Waals surface area contributed by atoms with E-state index in [2.05, 4.69) is 136 Å². The fourth-order valence-corrected chi connectivity index (χ4v) is 12.0. The normalized spacial score (nSPS) is 12.4. The predicted molar refractivity (Wildman–Crippen MR) is 468 cm³/mol. The Morgan fingerprint density at radius 2 is 0.793 bits per heavy atom. The first-order valence-corrected chi connectivity index (χ1v) is 40.7. The molecule has 8 aromatic rings. The summed E-state index contributed by atoms with van der Waals surface area (Å²) in [5.74, 6) is -0.956. The number of cyclic esters (lactones) is 4. The van der Waals surface area contributed by atoms with Gasteiger partial charge in [0, 0.05) is 95.9 Å². The number of halogens is 2. The standard InChI is InChI=1S/C29H32IN7O8S2.C13H14N4O2S2.C10H12N2O6.C7H8IN.C7H6N2O2S2.C6H8N2/c30-19-1-3-20(4-2-19)32-25(38)15-36(17-27(40)41)13-14-37(18-28(42)43)16-26(39)33-21-5-7-22(8-6-21)34-29(46)35-23-9-11-24(12-10-23)47(31,44)45;14-9-1-3-10(4-2-9)16-13(20)17-11-5-7-12(8-6-11)21(15,18)19;13-7-3-11(4-8(14)17-7)1-2-12-5-9(15)18-10(16)6-12;8-7-3-1-6(5-9)2-4-7;8-10-11-13-7-3-1-6(2-4-7)9-5-12;7-5-1-2-6(8)4-3-5/h1-12H,13-18H2,(H,32,38)(H,33,39)(H,40,41)(H,42,43)(H2,31,44,45)(H2,34,35,46);1-8H,14H2,(H2,15,18,19)(H2,16,17,20);1-6H2;1-4H,5,9H2;1-4H,8H2;1-4H,7-8H2. The van der Waals surface area contributed by atoms with E-state index < -0.39 is 80.8 Å². The van der Waals surface area contributed by atoms with Crippen LogP contribution in [0.1, 0.15) is 5.56 Å². The molecule has 44 heteroatoms. The summed E-state index contributed by atoms with van der Waals surface area (Å²) < 4.78 is 60.5. The highest BCUT2D eigenvalue weighted by atomic mass is 127. The van der Waals surface area contributed by atoms with Crippen molar-refractivity contribution >= 4 is 234 Å². The van der Waals surface area contributed by atoms with Gasteiger partial charge in [-0.05, 0) is 269 Å². The summed E-state index contributed by atoms with van der Waals surface area (Å²) in [5.41, 5.74) is 29.4. The van der Waals surface area contributed by atoms with Gasteiger partial charge in [0.25, 0.3) is 0 Å². The molecule has 10 rings (SSSR count). The van der Waals surface area contributed by atoms with Crippen LogP contribution < -0.4 is 71.0 Å². The Balaban J connectivity index is 0.000000284. The van der Waals surface area contributed by atoms with Crippen LogP contribution in [0.25, 0.3) is 0 Å². The molecular formula is C72H80I2N18O18S6. The van der Waals surface area contributed by atoms with Crippen LogP contribution in [0.5, 0.6) is 0 Å². The number of nitrogens with two attached hydrogens (primary N) is 7. The third-order valence-corrected chi connectivity index (χ3v) is 19.1. The lowest BCUT2D eigenvalue weighted by atomic mass is 10.2. The van der Waals surface area contributed by atoms with Crippen LogP contribution >= 0.6 is 93.9 Å². The number of carboxylic acid groups (broad SMARTS) is 2. The second kappa shape index (κ2) is 50.3. The molecule has 2 amide bonds. The Hall–Kier alpha value is -10.2. The largest absolute Gasteiger partial charge is 0.480 e. The number of carbonyl (C=O) groups is 8. The summed E-state index contributed by atoms with van der Waals surface area (Å²) in [6.07, 6.45) is 0. The average Bonchev–Trinajstić information content (AvgIpc) is 0.869. The van der Waals surface area contributed by atoms with Crippen molar-refractivity contribution in [2.75, 3.05) is 128 Å². The Morgan fingerprint density at radius 1 is 0.491 bits per heavy atom. The van der Waals surface area contributed by atoms with Crippen LogP contribution in [0.2, 0.25) is 0 Å². The number of hydrogen-bond acceptors (Lipinski definition) is 30. The molecule has 2 fully saturated rings. The monoisotopic (exact) mass is 1930 g/mol. The van der Waals surface area contributed by atoms with Crippen molar-refractivity contribution in [3.8, 4) is 0 Å². The number of carbonyl (C=O) groups excluding carboxylic acids is 6. The van der Waals surface area contributed by atoms with E-state index in [1.807, 2.05) is 24.3 Å². The molecule has 36 nitrogen and oxygen atoms in total. The summed E-state index contributed by atoms with van der Waals surface area (Å²) in [6, 6.07) is 54.8. The predicted octanol–water partition coefficient (Wildman–Crippen LogP) is 6.43. The number of aliphatic imine (C=N–C) groups is 1. The number of hydrogen-bond donors (Lipinski definition) is 15.